The summed E-state index contributed by atoms with van der Waals surface area (Å²) in [6, 6.07) is 15.5. The van der Waals surface area contributed by atoms with Crippen molar-refractivity contribution >= 4 is 11.6 Å². The highest BCUT2D eigenvalue weighted by molar-refractivity contribution is 5.98. The Bertz CT molecular complexity index is 730. The number of benzene rings is 2. The van der Waals surface area contributed by atoms with Gasteiger partial charge >= 0.3 is 0 Å². The van der Waals surface area contributed by atoms with Crippen LogP contribution in [-0.4, -0.2) is 44.2 Å². The molecule has 1 aliphatic rings. The molecule has 2 aromatic carbocycles. The lowest BCUT2D eigenvalue weighted by atomic mass is 10.1. The van der Waals surface area contributed by atoms with Crippen LogP contribution in [0.2, 0.25) is 0 Å². The van der Waals surface area contributed by atoms with Crippen LogP contribution in [0.25, 0.3) is 0 Å². The van der Waals surface area contributed by atoms with E-state index in [4.69, 9.17) is 9.47 Å². The number of carbonyl (C=O) groups is 1. The number of anilines is 1. The lowest BCUT2D eigenvalue weighted by molar-refractivity contribution is -0.125. The smallest absolute Gasteiger partial charge is 0.244 e. The van der Waals surface area contributed by atoms with Crippen LogP contribution in [0.5, 0.6) is 11.5 Å². The van der Waals surface area contributed by atoms with Crippen molar-refractivity contribution in [3.8, 4) is 11.5 Å². The van der Waals surface area contributed by atoms with Crippen molar-refractivity contribution in [3.63, 3.8) is 0 Å². The van der Waals surface area contributed by atoms with Gasteiger partial charge in [0, 0.05) is 19.6 Å². The summed E-state index contributed by atoms with van der Waals surface area (Å²) in [4.78, 5) is 16.9. The molecule has 132 valence electrons. The maximum atomic E-state index is 12.9. The van der Waals surface area contributed by atoms with E-state index >= 15 is 0 Å². The van der Waals surface area contributed by atoms with E-state index in [1.54, 1.807) is 14.2 Å². The molecule has 25 heavy (non-hydrogen) atoms. The first-order valence-electron chi connectivity index (χ1n) is 8.45. The third kappa shape index (κ3) is 3.61. The summed E-state index contributed by atoms with van der Waals surface area (Å²) in [6.07, 6.45) is 0. The van der Waals surface area contributed by atoms with Crippen LogP contribution in [0.3, 0.4) is 0 Å². The average Bonchev–Trinajstić information content (AvgIpc) is 2.66. The Morgan fingerprint density at radius 1 is 1.00 bits per heavy atom. The van der Waals surface area contributed by atoms with Crippen molar-refractivity contribution in [3.05, 3.63) is 54.1 Å². The molecular formula is C20H24N2O3. The zero-order valence-corrected chi connectivity index (χ0v) is 14.9. The predicted molar refractivity (Wildman–Crippen MR) is 98.2 cm³/mol. The number of hydrogen-bond acceptors (Lipinski definition) is 4. The molecule has 0 aromatic heterocycles. The summed E-state index contributed by atoms with van der Waals surface area (Å²) >= 11 is 0. The molecule has 0 radical (unpaired) electrons. The van der Waals surface area contributed by atoms with E-state index in [2.05, 4.69) is 4.90 Å². The Morgan fingerprint density at radius 3 is 2.40 bits per heavy atom. The van der Waals surface area contributed by atoms with E-state index < -0.39 is 0 Å². The first kappa shape index (κ1) is 17.3. The van der Waals surface area contributed by atoms with Gasteiger partial charge in [-0.2, -0.15) is 0 Å². The summed E-state index contributed by atoms with van der Waals surface area (Å²) in [5.41, 5.74) is 2.01. The molecule has 1 fully saturated rings. The normalized spacial score (nSPS) is 18.3. The van der Waals surface area contributed by atoms with Gasteiger partial charge in [0.15, 0.2) is 0 Å². The Labute approximate surface area is 148 Å². The summed E-state index contributed by atoms with van der Waals surface area (Å²) in [5, 5.41) is 0. The SMILES string of the molecule is COc1ccc(CN2CCN(c3ccccc3OC)C(=O)[C@@H]2C)cc1. The molecule has 1 aliphatic heterocycles. The van der Waals surface area contributed by atoms with Crippen LogP contribution >= 0.6 is 0 Å². The third-order valence-electron chi connectivity index (χ3n) is 4.70. The third-order valence-corrected chi connectivity index (χ3v) is 4.70. The molecule has 0 N–H and O–H groups in total. The molecule has 0 aliphatic carbocycles. The van der Waals surface area contributed by atoms with E-state index in [1.165, 1.54) is 5.56 Å². The molecule has 0 spiro atoms. The van der Waals surface area contributed by atoms with Crippen molar-refractivity contribution in [2.24, 2.45) is 0 Å². The molecule has 5 nitrogen and oxygen atoms in total. The molecule has 1 amide bonds. The summed E-state index contributed by atoms with van der Waals surface area (Å²) < 4.78 is 10.6. The number of amides is 1. The fourth-order valence-electron chi connectivity index (χ4n) is 3.19. The molecule has 0 saturated carbocycles. The molecular weight excluding hydrogens is 316 g/mol. The van der Waals surface area contributed by atoms with E-state index in [0.717, 1.165) is 30.3 Å². The van der Waals surface area contributed by atoms with Gasteiger partial charge in [0.05, 0.1) is 25.9 Å². The van der Waals surface area contributed by atoms with Gasteiger partial charge in [0.25, 0.3) is 0 Å². The standard InChI is InChI=1S/C20H24N2O3/c1-15-20(23)22(18-6-4-5-7-19(18)25-3)13-12-21(15)14-16-8-10-17(24-2)11-9-16/h4-11,15H,12-14H2,1-3H3/t15-/m0/s1. The van der Waals surface area contributed by atoms with Crippen molar-refractivity contribution in [2.45, 2.75) is 19.5 Å². The number of piperazine rings is 1. The van der Waals surface area contributed by atoms with Crippen LogP contribution in [0, 0.1) is 0 Å². The number of methoxy groups -OCH3 is 2. The Kier molecular flexibility index (Phi) is 5.24. The van der Waals surface area contributed by atoms with Gasteiger partial charge in [-0.25, -0.2) is 0 Å². The van der Waals surface area contributed by atoms with Crippen LogP contribution < -0.4 is 14.4 Å². The van der Waals surface area contributed by atoms with Crippen molar-refractivity contribution in [2.75, 3.05) is 32.2 Å². The number of carbonyl (C=O) groups excluding carboxylic acids is 1. The monoisotopic (exact) mass is 340 g/mol. The van der Waals surface area contributed by atoms with E-state index in [0.29, 0.717) is 6.54 Å². The van der Waals surface area contributed by atoms with Crippen LogP contribution in [-0.2, 0) is 11.3 Å². The second-order valence-corrected chi connectivity index (χ2v) is 6.16. The molecule has 5 heteroatoms. The number of rotatable bonds is 5. The first-order valence-corrected chi connectivity index (χ1v) is 8.45. The molecule has 1 saturated heterocycles. The Morgan fingerprint density at radius 2 is 1.72 bits per heavy atom. The molecule has 3 rings (SSSR count). The van der Waals surface area contributed by atoms with Crippen LogP contribution in [0.4, 0.5) is 5.69 Å². The fraction of sp³-hybridized carbons (Fsp3) is 0.350. The largest absolute Gasteiger partial charge is 0.497 e. The van der Waals surface area contributed by atoms with Gasteiger partial charge in [-0.1, -0.05) is 24.3 Å². The predicted octanol–water partition coefficient (Wildman–Crippen LogP) is 2.94. The number of ether oxygens (including phenoxy) is 2. The van der Waals surface area contributed by atoms with Gasteiger partial charge in [-0.05, 0) is 36.8 Å². The zero-order chi connectivity index (χ0) is 17.8. The van der Waals surface area contributed by atoms with Gasteiger partial charge in [0.2, 0.25) is 5.91 Å². The second-order valence-electron chi connectivity index (χ2n) is 6.16. The second kappa shape index (κ2) is 7.57. The van der Waals surface area contributed by atoms with Crippen LogP contribution in [0.15, 0.2) is 48.5 Å². The summed E-state index contributed by atoms with van der Waals surface area (Å²) in [7, 11) is 3.29. The fourth-order valence-corrected chi connectivity index (χ4v) is 3.19. The highest BCUT2D eigenvalue weighted by Crippen LogP contribution is 2.30. The molecule has 1 atom stereocenters. The molecule has 0 unspecified atom stereocenters. The number of nitrogens with zero attached hydrogens (tertiary/aromatic N) is 2. The Hall–Kier alpha value is -2.53. The highest BCUT2D eigenvalue weighted by Gasteiger charge is 2.33. The quantitative estimate of drug-likeness (QED) is 0.839. The average molecular weight is 340 g/mol. The van der Waals surface area contributed by atoms with E-state index in [9.17, 15) is 4.79 Å². The maximum absolute atomic E-state index is 12.9. The van der Waals surface area contributed by atoms with Crippen molar-refractivity contribution in [1.29, 1.82) is 0 Å². The van der Waals surface area contributed by atoms with E-state index in [1.807, 2.05) is 60.4 Å². The van der Waals surface area contributed by atoms with Gasteiger partial charge in [-0.3, -0.25) is 9.69 Å². The van der Waals surface area contributed by atoms with Crippen molar-refractivity contribution < 1.29 is 14.3 Å². The van der Waals surface area contributed by atoms with Gasteiger partial charge < -0.3 is 14.4 Å². The maximum Gasteiger partial charge on any atom is 0.244 e. The van der Waals surface area contributed by atoms with Crippen molar-refractivity contribution in [1.82, 2.24) is 4.90 Å². The molecule has 2 aromatic rings. The first-order chi connectivity index (χ1) is 12.1. The summed E-state index contributed by atoms with van der Waals surface area (Å²) in [5.74, 6) is 1.67. The zero-order valence-electron chi connectivity index (χ0n) is 14.9. The highest BCUT2D eigenvalue weighted by atomic mass is 16.5. The number of hydrogen-bond donors (Lipinski definition) is 0. The minimum absolute atomic E-state index is 0.101. The van der Waals surface area contributed by atoms with Gasteiger partial charge in [0.1, 0.15) is 11.5 Å². The molecule has 0 bridgehead atoms. The topological polar surface area (TPSA) is 42.0 Å². The molecule has 1 heterocycles. The Balaban J connectivity index is 1.72. The van der Waals surface area contributed by atoms with Crippen LogP contribution in [0.1, 0.15) is 12.5 Å². The minimum atomic E-state index is -0.180. The number of para-hydroxylation sites is 2. The van der Waals surface area contributed by atoms with E-state index in [-0.39, 0.29) is 11.9 Å². The van der Waals surface area contributed by atoms with Gasteiger partial charge in [-0.15, -0.1) is 0 Å². The summed E-state index contributed by atoms with van der Waals surface area (Å²) in [6.45, 7) is 4.18. The lowest BCUT2D eigenvalue weighted by Gasteiger charge is -2.39. The minimum Gasteiger partial charge on any atom is -0.497 e. The lowest BCUT2D eigenvalue weighted by Crippen LogP contribution is -2.55.